The summed E-state index contributed by atoms with van der Waals surface area (Å²) in [6.45, 7) is 5.70. The summed E-state index contributed by atoms with van der Waals surface area (Å²) in [5.74, 6) is 1.49. The van der Waals surface area contributed by atoms with Crippen molar-refractivity contribution in [2.24, 2.45) is 5.92 Å². The van der Waals surface area contributed by atoms with Crippen molar-refractivity contribution in [1.29, 1.82) is 0 Å². The lowest BCUT2D eigenvalue weighted by molar-refractivity contribution is 0.174. The Morgan fingerprint density at radius 2 is 2.16 bits per heavy atom. The van der Waals surface area contributed by atoms with Crippen molar-refractivity contribution in [3.63, 3.8) is 0 Å². The van der Waals surface area contributed by atoms with E-state index < -0.39 is 0 Å². The molecular formula is C18H26N6O. The minimum atomic E-state index is -0.0432. The third-order valence-electron chi connectivity index (χ3n) is 5.38. The van der Waals surface area contributed by atoms with Gasteiger partial charge in [-0.1, -0.05) is 0 Å². The van der Waals surface area contributed by atoms with Crippen molar-refractivity contribution in [2.45, 2.75) is 51.6 Å². The second-order valence-corrected chi connectivity index (χ2v) is 7.41. The van der Waals surface area contributed by atoms with Gasteiger partial charge in [0.05, 0.1) is 24.5 Å². The molecule has 2 atom stereocenters. The Kier molecular flexibility index (Phi) is 4.23. The number of hydrogen-bond acceptors (Lipinski definition) is 3. The van der Waals surface area contributed by atoms with Crippen LogP contribution in [-0.2, 0) is 0 Å². The zero-order valence-electron chi connectivity index (χ0n) is 14.9. The molecule has 0 bridgehead atoms. The lowest BCUT2D eigenvalue weighted by Gasteiger charge is -2.33. The van der Waals surface area contributed by atoms with Gasteiger partial charge in [0.2, 0.25) is 0 Å². The lowest BCUT2D eigenvalue weighted by Crippen LogP contribution is -2.43. The number of nitrogens with one attached hydrogen (secondary N) is 1. The number of rotatable bonds is 4. The molecule has 2 aromatic heterocycles. The monoisotopic (exact) mass is 342 g/mol. The number of amides is 2. The van der Waals surface area contributed by atoms with E-state index in [9.17, 15) is 4.79 Å². The second-order valence-electron chi connectivity index (χ2n) is 7.41. The summed E-state index contributed by atoms with van der Waals surface area (Å²) in [5.41, 5.74) is 1.15. The fourth-order valence-corrected chi connectivity index (χ4v) is 3.69. The highest BCUT2D eigenvalue weighted by atomic mass is 16.2. The van der Waals surface area contributed by atoms with Gasteiger partial charge in [-0.2, -0.15) is 10.2 Å². The summed E-state index contributed by atoms with van der Waals surface area (Å²) in [7, 11) is 0. The zero-order valence-corrected chi connectivity index (χ0v) is 14.9. The first kappa shape index (κ1) is 16.2. The van der Waals surface area contributed by atoms with Gasteiger partial charge < -0.3 is 4.90 Å². The summed E-state index contributed by atoms with van der Waals surface area (Å²) in [4.78, 5) is 14.6. The summed E-state index contributed by atoms with van der Waals surface area (Å²) < 4.78 is 3.95. The van der Waals surface area contributed by atoms with Crippen LogP contribution in [0.3, 0.4) is 0 Å². The Balaban J connectivity index is 1.42. The predicted octanol–water partition coefficient (Wildman–Crippen LogP) is 3.23. The molecule has 1 saturated carbocycles. The van der Waals surface area contributed by atoms with Crippen LogP contribution in [0.1, 0.15) is 50.3 Å². The quantitative estimate of drug-likeness (QED) is 0.927. The molecular weight excluding hydrogens is 316 g/mol. The van der Waals surface area contributed by atoms with E-state index in [1.165, 1.54) is 12.8 Å². The van der Waals surface area contributed by atoms with Crippen LogP contribution in [-0.4, -0.2) is 43.6 Å². The number of piperidine rings is 1. The van der Waals surface area contributed by atoms with Gasteiger partial charge in [-0.25, -0.2) is 9.48 Å². The van der Waals surface area contributed by atoms with Crippen molar-refractivity contribution in [2.75, 3.05) is 18.4 Å². The molecule has 0 unspecified atom stereocenters. The van der Waals surface area contributed by atoms with Crippen LogP contribution in [0.4, 0.5) is 10.6 Å². The number of carbonyl (C=O) groups is 1. The van der Waals surface area contributed by atoms with E-state index in [1.807, 2.05) is 33.5 Å². The van der Waals surface area contributed by atoms with Crippen molar-refractivity contribution in [3.8, 4) is 0 Å². The molecule has 3 heterocycles. The topological polar surface area (TPSA) is 68.0 Å². The molecule has 7 nitrogen and oxygen atoms in total. The fraction of sp³-hybridized carbons (Fsp3) is 0.611. The number of likely N-dealkylation sites (tertiary alicyclic amines) is 1. The van der Waals surface area contributed by atoms with Crippen molar-refractivity contribution < 1.29 is 4.79 Å². The third-order valence-corrected chi connectivity index (χ3v) is 5.38. The van der Waals surface area contributed by atoms with Gasteiger partial charge in [-0.3, -0.25) is 10.00 Å². The van der Waals surface area contributed by atoms with Crippen LogP contribution in [0, 0.1) is 12.8 Å². The highest BCUT2D eigenvalue weighted by molar-refractivity contribution is 5.88. The number of urea groups is 1. The number of aryl methyl sites for hydroxylation is 1. The largest absolute Gasteiger partial charge is 0.323 e. The van der Waals surface area contributed by atoms with Crippen LogP contribution in [0.15, 0.2) is 24.7 Å². The number of aromatic nitrogens is 4. The van der Waals surface area contributed by atoms with Crippen LogP contribution < -0.4 is 5.32 Å². The molecule has 7 heteroatoms. The van der Waals surface area contributed by atoms with E-state index in [2.05, 4.69) is 28.6 Å². The van der Waals surface area contributed by atoms with Gasteiger partial charge >= 0.3 is 6.03 Å². The SMILES string of the molecule is Cc1cnn([C@@H]2CCCN(C(=O)Nc3ccnn3[C@@H](C)C3CC3)C2)c1. The molecule has 1 aliphatic heterocycles. The number of anilines is 1. The molecule has 0 aromatic carbocycles. The van der Waals surface area contributed by atoms with Gasteiger partial charge in [-0.05, 0) is 51.0 Å². The average molecular weight is 342 g/mol. The van der Waals surface area contributed by atoms with Crippen molar-refractivity contribution in [1.82, 2.24) is 24.5 Å². The summed E-state index contributed by atoms with van der Waals surface area (Å²) >= 11 is 0. The second kappa shape index (κ2) is 6.54. The molecule has 2 fully saturated rings. The van der Waals surface area contributed by atoms with Crippen LogP contribution in [0.2, 0.25) is 0 Å². The van der Waals surface area contributed by atoms with Gasteiger partial charge in [0, 0.05) is 25.4 Å². The average Bonchev–Trinajstić information content (AvgIpc) is 3.22. The Labute approximate surface area is 148 Å². The van der Waals surface area contributed by atoms with E-state index in [0.717, 1.165) is 30.8 Å². The maximum absolute atomic E-state index is 12.8. The smallest absolute Gasteiger partial charge is 0.322 e. The Morgan fingerprint density at radius 3 is 2.88 bits per heavy atom. The highest BCUT2D eigenvalue weighted by Crippen LogP contribution is 2.40. The first-order valence-electron chi connectivity index (χ1n) is 9.22. The van der Waals surface area contributed by atoms with Crippen LogP contribution in [0.25, 0.3) is 0 Å². The predicted molar refractivity (Wildman–Crippen MR) is 95.5 cm³/mol. The molecule has 0 spiro atoms. The summed E-state index contributed by atoms with van der Waals surface area (Å²) in [6.07, 6.45) is 10.3. The third kappa shape index (κ3) is 3.41. The molecule has 1 saturated heterocycles. The molecule has 25 heavy (non-hydrogen) atoms. The minimum absolute atomic E-state index is 0.0432. The van der Waals surface area contributed by atoms with E-state index in [-0.39, 0.29) is 12.1 Å². The number of nitrogens with zero attached hydrogens (tertiary/aromatic N) is 5. The first-order chi connectivity index (χ1) is 12.1. The first-order valence-corrected chi connectivity index (χ1v) is 9.22. The van der Waals surface area contributed by atoms with Crippen molar-refractivity contribution >= 4 is 11.8 Å². The van der Waals surface area contributed by atoms with Crippen molar-refractivity contribution in [3.05, 3.63) is 30.2 Å². The fourth-order valence-electron chi connectivity index (χ4n) is 3.69. The molecule has 4 rings (SSSR count). The number of hydrogen-bond donors (Lipinski definition) is 1. The van der Waals surface area contributed by atoms with Gasteiger partial charge in [0.15, 0.2) is 0 Å². The summed E-state index contributed by atoms with van der Waals surface area (Å²) in [5, 5.41) is 11.9. The standard InChI is InChI=1S/C18H26N6O/c1-13-10-20-23(11-13)16-4-3-9-22(12-16)18(25)21-17-7-8-19-24(17)14(2)15-5-6-15/h7-8,10-11,14-16H,3-6,9,12H2,1-2H3,(H,21,25)/t14-,16+/m0/s1. The Morgan fingerprint density at radius 1 is 1.32 bits per heavy atom. The maximum Gasteiger partial charge on any atom is 0.323 e. The molecule has 0 radical (unpaired) electrons. The highest BCUT2D eigenvalue weighted by Gasteiger charge is 2.31. The van der Waals surface area contributed by atoms with E-state index in [1.54, 1.807) is 6.20 Å². The number of carbonyl (C=O) groups excluding carboxylic acids is 1. The van der Waals surface area contributed by atoms with Crippen LogP contribution in [0.5, 0.6) is 0 Å². The van der Waals surface area contributed by atoms with Gasteiger partial charge in [0.25, 0.3) is 0 Å². The molecule has 2 aliphatic rings. The summed E-state index contributed by atoms with van der Waals surface area (Å²) in [6, 6.07) is 2.43. The van der Waals surface area contributed by atoms with E-state index in [4.69, 9.17) is 0 Å². The Hall–Kier alpha value is -2.31. The van der Waals surface area contributed by atoms with Crippen LogP contribution >= 0.6 is 0 Å². The van der Waals surface area contributed by atoms with E-state index >= 15 is 0 Å². The van der Waals surface area contributed by atoms with E-state index in [0.29, 0.717) is 18.5 Å². The molecule has 2 amide bonds. The molecule has 2 aromatic rings. The molecule has 1 aliphatic carbocycles. The van der Waals surface area contributed by atoms with Gasteiger partial charge in [0.1, 0.15) is 5.82 Å². The lowest BCUT2D eigenvalue weighted by atomic mass is 10.1. The minimum Gasteiger partial charge on any atom is -0.322 e. The van der Waals surface area contributed by atoms with Gasteiger partial charge in [-0.15, -0.1) is 0 Å². The zero-order chi connectivity index (χ0) is 17.4. The molecule has 1 N–H and O–H groups in total. The Bertz CT molecular complexity index is 746. The maximum atomic E-state index is 12.8. The molecule has 134 valence electrons. The normalized spacial score (nSPS) is 22.0.